The highest BCUT2D eigenvalue weighted by molar-refractivity contribution is 7.12. The van der Waals surface area contributed by atoms with Gasteiger partial charge in [0, 0.05) is 18.7 Å². The molecule has 0 spiro atoms. The molecule has 2 aromatic rings. The molecule has 3 atom stereocenters. The lowest BCUT2D eigenvalue weighted by molar-refractivity contribution is -0.385. The van der Waals surface area contributed by atoms with Gasteiger partial charge in [0.25, 0.3) is 11.4 Å². The Morgan fingerprint density at radius 3 is 2.60 bits per heavy atom. The molecule has 1 aliphatic rings. The highest BCUT2D eigenvalue weighted by atomic mass is 32.1. The maximum Gasteiger partial charge on any atom is 0.437 e. The Morgan fingerprint density at radius 1 is 1.37 bits per heavy atom. The molecule has 2 N–H and O–H groups in total. The summed E-state index contributed by atoms with van der Waals surface area (Å²) >= 11 is 0.883. The summed E-state index contributed by atoms with van der Waals surface area (Å²) in [6, 6.07) is 4.45. The van der Waals surface area contributed by atoms with E-state index < -0.39 is 52.8 Å². The quantitative estimate of drug-likeness (QED) is 0.417. The van der Waals surface area contributed by atoms with Crippen LogP contribution in [0.25, 0.3) is 0 Å². The van der Waals surface area contributed by atoms with E-state index in [1.807, 2.05) is 0 Å². The minimum Gasteiger partial charge on any atom is -0.363 e. The Morgan fingerprint density at radius 2 is 2.07 bits per heavy atom. The fraction of sp³-hybridized carbons (Fsp3) is 0.333. The minimum atomic E-state index is -5.38. The van der Waals surface area contributed by atoms with Gasteiger partial charge in [-0.2, -0.15) is 13.2 Å². The van der Waals surface area contributed by atoms with Gasteiger partial charge in [-0.05, 0) is 23.9 Å². The van der Waals surface area contributed by atoms with Crippen LogP contribution in [0, 0.1) is 16.0 Å². The Bertz CT molecular complexity index is 982. The number of non-ortho nitro benzene ring substituents is 1. The Balaban J connectivity index is 2.24. The van der Waals surface area contributed by atoms with Crippen LogP contribution in [0.5, 0.6) is 0 Å². The number of hydrogen-bond acceptors (Lipinski definition) is 6. The number of halogens is 3. The van der Waals surface area contributed by atoms with Gasteiger partial charge >= 0.3 is 12.2 Å². The molecule has 1 fully saturated rings. The number of nitro benzene ring substituents is 1. The van der Waals surface area contributed by atoms with Crippen molar-refractivity contribution >= 4 is 28.8 Å². The Hall–Kier alpha value is -2.99. The molecule has 1 aromatic heterocycles. The average Bonchev–Trinajstić information content (AvgIpc) is 3.21. The first-order chi connectivity index (χ1) is 14.0. The molecule has 0 unspecified atom stereocenters. The zero-order valence-electron chi connectivity index (χ0n) is 15.4. The number of thiophene rings is 1. The minimum absolute atomic E-state index is 0.0506. The number of nitro groups is 1. The van der Waals surface area contributed by atoms with Crippen molar-refractivity contribution in [1.29, 1.82) is 0 Å². The molecule has 2 amide bonds. The Kier molecular flexibility index (Phi) is 5.56. The molecule has 2 heterocycles. The topological polar surface area (TPSA) is 113 Å². The molecule has 30 heavy (non-hydrogen) atoms. The first-order valence-electron chi connectivity index (χ1n) is 8.71. The molecule has 0 radical (unpaired) electrons. The zero-order valence-corrected chi connectivity index (χ0v) is 16.2. The summed E-state index contributed by atoms with van der Waals surface area (Å²) < 4.78 is 42.5. The average molecular weight is 443 g/mol. The van der Waals surface area contributed by atoms with Gasteiger partial charge in [0.1, 0.15) is 5.92 Å². The van der Waals surface area contributed by atoms with Crippen molar-refractivity contribution in [1.82, 2.24) is 10.2 Å². The number of carbonyl (C=O) groups is 2. The van der Waals surface area contributed by atoms with Gasteiger partial charge in [-0.1, -0.05) is 18.2 Å². The summed E-state index contributed by atoms with van der Waals surface area (Å²) in [6.07, 6.45) is -5.38. The van der Waals surface area contributed by atoms with Crippen LogP contribution >= 0.6 is 11.3 Å². The summed E-state index contributed by atoms with van der Waals surface area (Å²) in [7, 11) is 0. The molecule has 1 saturated heterocycles. The van der Waals surface area contributed by atoms with Gasteiger partial charge < -0.3 is 10.4 Å². The summed E-state index contributed by atoms with van der Waals surface area (Å²) in [6.45, 7) is 0.703. The lowest BCUT2D eigenvalue weighted by atomic mass is 9.77. The number of urea groups is 1. The van der Waals surface area contributed by atoms with Crippen molar-refractivity contribution in [3.8, 4) is 0 Å². The second-order valence-electron chi connectivity index (χ2n) is 6.57. The van der Waals surface area contributed by atoms with E-state index in [9.17, 15) is 38.0 Å². The first kappa shape index (κ1) is 21.7. The number of rotatable bonds is 5. The van der Waals surface area contributed by atoms with Crippen LogP contribution in [0.2, 0.25) is 0 Å². The predicted octanol–water partition coefficient (Wildman–Crippen LogP) is 3.49. The van der Waals surface area contributed by atoms with Crippen molar-refractivity contribution in [3.05, 3.63) is 62.3 Å². The van der Waals surface area contributed by atoms with Crippen molar-refractivity contribution in [2.24, 2.45) is 5.92 Å². The molecule has 1 aromatic carbocycles. The summed E-state index contributed by atoms with van der Waals surface area (Å²) in [4.78, 5) is 36.0. The van der Waals surface area contributed by atoms with Crippen LogP contribution in [0.1, 0.15) is 28.2 Å². The van der Waals surface area contributed by atoms with Crippen molar-refractivity contribution in [3.63, 3.8) is 0 Å². The van der Waals surface area contributed by atoms with Crippen LogP contribution < -0.4 is 5.32 Å². The number of benzene rings is 1. The molecular formula is C18H16F3N3O5S. The number of nitrogens with zero attached hydrogens (tertiary/aromatic N) is 2. The number of nitrogens with one attached hydrogen (secondary N) is 1. The molecular weight excluding hydrogens is 427 g/mol. The van der Waals surface area contributed by atoms with Gasteiger partial charge in [-0.15, -0.1) is 11.3 Å². The third-order valence-electron chi connectivity index (χ3n) is 4.92. The van der Waals surface area contributed by atoms with E-state index in [0.717, 1.165) is 23.5 Å². The van der Waals surface area contributed by atoms with Crippen molar-refractivity contribution in [2.45, 2.75) is 24.9 Å². The van der Waals surface area contributed by atoms with Crippen LogP contribution in [0.4, 0.5) is 23.7 Å². The van der Waals surface area contributed by atoms with Crippen LogP contribution in [-0.2, 0) is 0 Å². The van der Waals surface area contributed by atoms with Crippen molar-refractivity contribution < 1.29 is 32.8 Å². The summed E-state index contributed by atoms with van der Waals surface area (Å²) in [5, 5.41) is 25.8. The van der Waals surface area contributed by atoms with Crippen LogP contribution in [0.3, 0.4) is 0 Å². The van der Waals surface area contributed by atoms with E-state index in [1.165, 1.54) is 36.6 Å². The van der Waals surface area contributed by atoms with E-state index in [4.69, 9.17) is 0 Å². The first-order valence-corrected chi connectivity index (χ1v) is 9.59. The lowest BCUT2D eigenvalue weighted by Crippen LogP contribution is -2.73. The van der Waals surface area contributed by atoms with Gasteiger partial charge in [0.2, 0.25) is 0 Å². The van der Waals surface area contributed by atoms with Crippen LogP contribution in [0.15, 0.2) is 41.8 Å². The summed E-state index contributed by atoms with van der Waals surface area (Å²) in [5.74, 6) is -3.24. The number of Topliss-reactive ketones (excluding diaryl/α,β-unsaturated/α-hetero) is 1. The number of amides is 2. The maximum absolute atomic E-state index is 14.2. The third kappa shape index (κ3) is 3.41. The fourth-order valence-electron chi connectivity index (χ4n) is 3.58. The zero-order chi connectivity index (χ0) is 22.3. The summed E-state index contributed by atoms with van der Waals surface area (Å²) in [5.41, 5.74) is -4.36. The number of hydrogen-bond donors (Lipinski definition) is 2. The van der Waals surface area contributed by atoms with Gasteiger partial charge in [-0.25, -0.2) is 4.79 Å². The monoisotopic (exact) mass is 443 g/mol. The number of aliphatic hydroxyl groups is 1. The van der Waals surface area contributed by atoms with Gasteiger partial charge in [0.05, 0.1) is 15.8 Å². The van der Waals surface area contributed by atoms with Gasteiger partial charge in [-0.3, -0.25) is 19.8 Å². The van der Waals surface area contributed by atoms with E-state index in [2.05, 4.69) is 5.32 Å². The SMILES string of the molecule is CCN1C(=O)N[C@H](c2cccc([N+](=O)[O-])c2)[C@H](C(=O)c2cccs2)[C@]1(O)C(F)(F)F. The molecule has 0 saturated carbocycles. The standard InChI is InChI=1S/C18H16F3N3O5S/c1-2-23-16(26)22-14(10-5-3-6-11(9-10)24(28)29)13(17(23,27)18(19,20)21)15(25)12-7-4-8-30-12/h3-9,13-14,27H,2H2,1H3,(H,22,26)/t13-,14-,17+/m1/s1. The van der Waals surface area contributed by atoms with E-state index >= 15 is 0 Å². The highest BCUT2D eigenvalue weighted by Crippen LogP contribution is 2.48. The largest absolute Gasteiger partial charge is 0.437 e. The second-order valence-corrected chi connectivity index (χ2v) is 7.51. The molecule has 160 valence electrons. The smallest absolute Gasteiger partial charge is 0.363 e. The fourth-order valence-corrected chi connectivity index (χ4v) is 4.28. The highest BCUT2D eigenvalue weighted by Gasteiger charge is 2.69. The normalized spacial score (nSPS) is 24.4. The van der Waals surface area contributed by atoms with Crippen molar-refractivity contribution in [2.75, 3.05) is 6.54 Å². The maximum atomic E-state index is 14.2. The Labute approximate surface area is 172 Å². The van der Waals surface area contributed by atoms with E-state index in [0.29, 0.717) is 0 Å². The van der Waals surface area contributed by atoms with E-state index in [1.54, 1.807) is 0 Å². The van der Waals surface area contributed by atoms with E-state index in [-0.39, 0.29) is 15.3 Å². The molecule has 0 bridgehead atoms. The number of carbonyl (C=O) groups excluding carboxylic acids is 2. The van der Waals surface area contributed by atoms with Crippen LogP contribution in [-0.4, -0.2) is 45.2 Å². The molecule has 8 nitrogen and oxygen atoms in total. The second kappa shape index (κ2) is 7.69. The number of alkyl halides is 3. The third-order valence-corrected chi connectivity index (χ3v) is 5.81. The predicted molar refractivity (Wildman–Crippen MR) is 99.9 cm³/mol. The molecule has 12 heteroatoms. The molecule has 3 rings (SSSR count). The number of ketones is 1. The molecule has 0 aliphatic carbocycles. The van der Waals surface area contributed by atoms with Gasteiger partial charge in [0.15, 0.2) is 5.78 Å². The lowest BCUT2D eigenvalue weighted by Gasteiger charge is -2.50. The molecule has 1 aliphatic heterocycles.